The van der Waals surface area contributed by atoms with E-state index in [1.54, 1.807) is 18.5 Å². The van der Waals surface area contributed by atoms with E-state index in [-0.39, 0.29) is 0 Å². The van der Waals surface area contributed by atoms with E-state index in [9.17, 15) is 0 Å². The molecule has 1 aliphatic carbocycles. The van der Waals surface area contributed by atoms with Gasteiger partial charge in [-0.15, -0.1) is 0 Å². The minimum atomic E-state index is 0.575. The van der Waals surface area contributed by atoms with E-state index < -0.39 is 0 Å². The number of rotatable bonds is 3. The van der Waals surface area contributed by atoms with Crippen molar-refractivity contribution in [3.05, 3.63) is 30.2 Å². The normalized spacial score (nSPS) is 14.6. The topological polar surface area (TPSA) is 63.6 Å². The lowest BCUT2D eigenvalue weighted by Crippen LogP contribution is -2.02. The molecule has 0 saturated heterocycles. The number of hydrogen-bond donors (Lipinski definition) is 1. The average Bonchev–Trinajstić information content (AvgIpc) is 3.23. The molecule has 0 amide bonds. The smallest absolute Gasteiger partial charge is 0.199 e. The Labute approximate surface area is 99.4 Å². The minimum absolute atomic E-state index is 0.575. The fourth-order valence-corrected chi connectivity index (χ4v) is 1.70. The van der Waals surface area contributed by atoms with Gasteiger partial charge in [0.2, 0.25) is 0 Å². The zero-order valence-corrected chi connectivity index (χ0v) is 9.59. The highest BCUT2D eigenvalue weighted by Crippen LogP contribution is 2.39. The zero-order valence-electron chi connectivity index (χ0n) is 9.59. The van der Waals surface area contributed by atoms with E-state index in [4.69, 9.17) is 0 Å². The Kier molecular flexibility index (Phi) is 2.44. The van der Waals surface area contributed by atoms with E-state index in [2.05, 4.69) is 25.3 Å². The molecule has 2 aromatic heterocycles. The van der Waals surface area contributed by atoms with Crippen LogP contribution in [0, 0.1) is 0 Å². The minimum Gasteiger partial charge on any atom is -0.373 e. The Morgan fingerprint density at radius 3 is 2.53 bits per heavy atom. The van der Waals surface area contributed by atoms with Crippen molar-refractivity contribution < 1.29 is 0 Å². The first-order valence-corrected chi connectivity index (χ1v) is 5.71. The van der Waals surface area contributed by atoms with Crippen molar-refractivity contribution in [2.45, 2.75) is 18.8 Å². The van der Waals surface area contributed by atoms with Crippen molar-refractivity contribution in [1.29, 1.82) is 0 Å². The quantitative estimate of drug-likeness (QED) is 0.867. The Balaban J connectivity index is 2.06. The zero-order chi connectivity index (χ0) is 11.7. The first-order valence-electron chi connectivity index (χ1n) is 5.71. The molecule has 0 radical (unpaired) electrons. The second-order valence-corrected chi connectivity index (χ2v) is 4.10. The summed E-state index contributed by atoms with van der Waals surface area (Å²) in [6.07, 6.45) is 5.84. The van der Waals surface area contributed by atoms with Crippen molar-refractivity contribution in [1.82, 2.24) is 19.9 Å². The van der Waals surface area contributed by atoms with Crippen LogP contribution in [0.4, 0.5) is 5.82 Å². The number of nitrogens with zero attached hydrogens (tertiary/aromatic N) is 4. The largest absolute Gasteiger partial charge is 0.373 e. The molecule has 86 valence electrons. The second kappa shape index (κ2) is 4.08. The van der Waals surface area contributed by atoms with Crippen LogP contribution in [0.3, 0.4) is 0 Å². The monoisotopic (exact) mass is 227 g/mol. The number of aromatic nitrogens is 4. The van der Waals surface area contributed by atoms with Gasteiger partial charge in [0, 0.05) is 37.1 Å². The molecule has 5 nitrogen and oxygen atoms in total. The molecule has 2 heterocycles. The fraction of sp³-hybridized carbons (Fsp3) is 0.333. The summed E-state index contributed by atoms with van der Waals surface area (Å²) < 4.78 is 0. The molecule has 0 unspecified atom stereocenters. The molecule has 1 saturated carbocycles. The Morgan fingerprint density at radius 2 is 1.88 bits per heavy atom. The molecule has 5 heteroatoms. The van der Waals surface area contributed by atoms with Crippen LogP contribution in [0.1, 0.15) is 24.5 Å². The van der Waals surface area contributed by atoms with Crippen LogP contribution in [0.15, 0.2) is 24.5 Å². The standard InChI is InChI=1S/C12H13N5/c1-13-10-7-9(8-3-4-8)16-12(17-10)11-14-5-2-6-15-11/h2,5-8H,3-4H2,1H3,(H,13,16,17). The van der Waals surface area contributed by atoms with Crippen LogP contribution in [0.5, 0.6) is 0 Å². The Bertz CT molecular complexity index is 522. The number of anilines is 1. The number of nitrogens with one attached hydrogen (secondary N) is 1. The maximum Gasteiger partial charge on any atom is 0.199 e. The molecule has 0 spiro atoms. The van der Waals surface area contributed by atoms with Crippen LogP contribution < -0.4 is 5.32 Å². The van der Waals surface area contributed by atoms with Gasteiger partial charge in [-0.05, 0) is 18.9 Å². The lowest BCUT2D eigenvalue weighted by atomic mass is 10.2. The summed E-state index contributed by atoms with van der Waals surface area (Å²) >= 11 is 0. The molecule has 0 bridgehead atoms. The van der Waals surface area contributed by atoms with Gasteiger partial charge in [-0.2, -0.15) is 0 Å². The first-order chi connectivity index (χ1) is 8.36. The maximum atomic E-state index is 4.54. The highest BCUT2D eigenvalue weighted by atomic mass is 15.1. The summed E-state index contributed by atoms with van der Waals surface area (Å²) in [5, 5.41) is 3.05. The van der Waals surface area contributed by atoms with Gasteiger partial charge in [0.05, 0.1) is 0 Å². The van der Waals surface area contributed by atoms with Gasteiger partial charge in [-0.3, -0.25) is 0 Å². The van der Waals surface area contributed by atoms with Crippen LogP contribution >= 0.6 is 0 Å². The molecule has 1 aliphatic rings. The van der Waals surface area contributed by atoms with Gasteiger partial charge in [0.15, 0.2) is 11.6 Å². The summed E-state index contributed by atoms with van der Waals surface area (Å²) in [5.41, 5.74) is 1.09. The van der Waals surface area contributed by atoms with E-state index in [1.807, 2.05) is 13.1 Å². The van der Waals surface area contributed by atoms with E-state index >= 15 is 0 Å². The summed E-state index contributed by atoms with van der Waals surface area (Å²) in [7, 11) is 1.86. The molecule has 1 fully saturated rings. The van der Waals surface area contributed by atoms with Crippen LogP contribution in [-0.4, -0.2) is 27.0 Å². The summed E-state index contributed by atoms with van der Waals surface area (Å²) in [6.45, 7) is 0. The summed E-state index contributed by atoms with van der Waals surface area (Å²) in [6, 6.07) is 3.79. The molecule has 3 rings (SSSR count). The molecular weight excluding hydrogens is 214 g/mol. The third kappa shape index (κ3) is 2.08. The van der Waals surface area contributed by atoms with Gasteiger partial charge >= 0.3 is 0 Å². The Hall–Kier alpha value is -2.04. The van der Waals surface area contributed by atoms with Gasteiger partial charge < -0.3 is 5.32 Å². The molecular formula is C12H13N5. The summed E-state index contributed by atoms with van der Waals surface area (Å²) in [4.78, 5) is 17.3. The van der Waals surface area contributed by atoms with Crippen molar-refractivity contribution >= 4 is 5.82 Å². The van der Waals surface area contributed by atoms with Crippen molar-refractivity contribution in [3.63, 3.8) is 0 Å². The predicted octanol–water partition coefficient (Wildman–Crippen LogP) is 1.85. The molecule has 17 heavy (non-hydrogen) atoms. The molecule has 0 aromatic carbocycles. The highest BCUT2D eigenvalue weighted by Gasteiger charge is 2.26. The van der Waals surface area contributed by atoms with E-state index in [1.165, 1.54) is 12.8 Å². The van der Waals surface area contributed by atoms with Gasteiger partial charge in [-0.25, -0.2) is 19.9 Å². The highest BCUT2D eigenvalue weighted by molar-refractivity contribution is 5.49. The molecule has 0 atom stereocenters. The van der Waals surface area contributed by atoms with E-state index in [0.717, 1.165) is 11.5 Å². The van der Waals surface area contributed by atoms with Crippen LogP contribution in [0.25, 0.3) is 11.6 Å². The van der Waals surface area contributed by atoms with Crippen LogP contribution in [-0.2, 0) is 0 Å². The number of hydrogen-bond acceptors (Lipinski definition) is 5. The third-order valence-electron chi connectivity index (χ3n) is 2.76. The third-order valence-corrected chi connectivity index (χ3v) is 2.76. The van der Waals surface area contributed by atoms with Crippen molar-refractivity contribution in [3.8, 4) is 11.6 Å². The summed E-state index contributed by atoms with van der Waals surface area (Å²) in [5.74, 6) is 2.59. The first kappa shape index (κ1) is 10.1. The fourth-order valence-electron chi connectivity index (χ4n) is 1.70. The van der Waals surface area contributed by atoms with E-state index in [0.29, 0.717) is 17.6 Å². The second-order valence-electron chi connectivity index (χ2n) is 4.10. The van der Waals surface area contributed by atoms with Crippen molar-refractivity contribution in [2.75, 3.05) is 12.4 Å². The lowest BCUT2D eigenvalue weighted by molar-refractivity contribution is 0.975. The maximum absolute atomic E-state index is 4.54. The predicted molar refractivity (Wildman–Crippen MR) is 64.6 cm³/mol. The molecule has 1 N–H and O–H groups in total. The lowest BCUT2D eigenvalue weighted by Gasteiger charge is -2.05. The SMILES string of the molecule is CNc1cc(C2CC2)nc(-c2ncccn2)n1. The average molecular weight is 227 g/mol. The van der Waals surface area contributed by atoms with Gasteiger partial charge in [-0.1, -0.05) is 0 Å². The van der Waals surface area contributed by atoms with Crippen molar-refractivity contribution in [2.24, 2.45) is 0 Å². The molecule has 0 aliphatic heterocycles. The van der Waals surface area contributed by atoms with Gasteiger partial charge in [0.25, 0.3) is 0 Å². The Morgan fingerprint density at radius 1 is 1.12 bits per heavy atom. The van der Waals surface area contributed by atoms with Crippen LogP contribution in [0.2, 0.25) is 0 Å². The molecule has 2 aromatic rings. The van der Waals surface area contributed by atoms with Gasteiger partial charge in [0.1, 0.15) is 5.82 Å².